The minimum atomic E-state index is -0.195. The molecule has 0 aromatic heterocycles. The average Bonchev–Trinajstić information content (AvgIpc) is 3.09. The number of halogens is 2. The van der Waals surface area contributed by atoms with Gasteiger partial charge in [0.1, 0.15) is 5.82 Å². The summed E-state index contributed by atoms with van der Waals surface area (Å²) < 4.78 is 24.1. The van der Waals surface area contributed by atoms with E-state index < -0.39 is 0 Å². The second kappa shape index (κ2) is 13.3. The molecule has 2 N–H and O–H groups in total. The molecule has 7 heteroatoms. The van der Waals surface area contributed by atoms with E-state index in [1.54, 1.807) is 19.2 Å². The molecular weight excluding hydrogens is 436 g/mol. The monoisotopic (exact) mass is 465 g/mol. The Labute approximate surface area is 166 Å². The molecule has 1 atom stereocenters. The maximum atomic E-state index is 13.1. The Kier molecular flexibility index (Phi) is 11.8. The van der Waals surface area contributed by atoms with Gasteiger partial charge in [0.15, 0.2) is 5.96 Å². The minimum Gasteiger partial charge on any atom is -0.381 e. The predicted octanol–water partition coefficient (Wildman–Crippen LogP) is 2.59. The summed E-state index contributed by atoms with van der Waals surface area (Å²) in [5, 5.41) is 6.49. The number of ether oxygens (including phenoxy) is 2. The summed E-state index contributed by atoms with van der Waals surface area (Å²) >= 11 is 0. The van der Waals surface area contributed by atoms with Gasteiger partial charge >= 0.3 is 0 Å². The number of hydrogen-bond acceptors (Lipinski definition) is 3. The van der Waals surface area contributed by atoms with Crippen LogP contribution in [-0.4, -0.2) is 52.5 Å². The summed E-state index contributed by atoms with van der Waals surface area (Å²) in [5.41, 5.74) is 0.974. The molecule has 0 amide bonds. The van der Waals surface area contributed by atoms with Crippen LogP contribution in [0.2, 0.25) is 0 Å². The first-order valence-corrected chi connectivity index (χ1v) is 8.62. The molecular formula is C18H29FIN3O2. The average molecular weight is 465 g/mol. The standard InChI is InChI=1S/C18H28FN3O2.HI/c1-20-18(22-9-6-15-4-2-5-17(19)12-15)21-8-3-10-23-13-16-7-11-24-14-16;/h2,4-5,12,16H,3,6-11,13-14H2,1H3,(H2,20,21,22);1H. The van der Waals surface area contributed by atoms with E-state index in [4.69, 9.17) is 9.47 Å². The fraction of sp³-hybridized carbons (Fsp3) is 0.611. The second-order valence-corrected chi connectivity index (χ2v) is 5.96. The van der Waals surface area contributed by atoms with Gasteiger partial charge in [-0.15, -0.1) is 24.0 Å². The van der Waals surface area contributed by atoms with Crippen LogP contribution in [0.1, 0.15) is 18.4 Å². The minimum absolute atomic E-state index is 0. The Morgan fingerprint density at radius 2 is 2.20 bits per heavy atom. The molecule has 5 nitrogen and oxygen atoms in total. The first kappa shape index (κ1) is 22.1. The van der Waals surface area contributed by atoms with Crippen LogP contribution >= 0.6 is 24.0 Å². The van der Waals surface area contributed by atoms with Gasteiger partial charge in [0.25, 0.3) is 0 Å². The molecule has 1 aliphatic rings. The van der Waals surface area contributed by atoms with Crippen molar-refractivity contribution < 1.29 is 13.9 Å². The molecule has 0 aliphatic carbocycles. The normalized spacial score (nSPS) is 17.2. The largest absolute Gasteiger partial charge is 0.381 e. The fourth-order valence-corrected chi connectivity index (χ4v) is 2.58. The Morgan fingerprint density at radius 1 is 1.36 bits per heavy atom. The third-order valence-electron chi connectivity index (χ3n) is 3.95. The van der Waals surface area contributed by atoms with Gasteiger partial charge in [0, 0.05) is 39.3 Å². The van der Waals surface area contributed by atoms with Crippen LogP contribution in [0.3, 0.4) is 0 Å². The van der Waals surface area contributed by atoms with Gasteiger partial charge in [-0.3, -0.25) is 4.99 Å². The summed E-state index contributed by atoms with van der Waals surface area (Å²) in [6.45, 7) is 4.75. The Morgan fingerprint density at radius 3 is 2.92 bits per heavy atom. The molecule has 1 fully saturated rings. The van der Waals surface area contributed by atoms with E-state index in [0.717, 1.165) is 63.8 Å². The number of guanidine groups is 1. The molecule has 2 rings (SSSR count). The lowest BCUT2D eigenvalue weighted by Gasteiger charge is -2.12. The fourth-order valence-electron chi connectivity index (χ4n) is 2.58. The summed E-state index contributed by atoms with van der Waals surface area (Å²) in [6, 6.07) is 6.67. The van der Waals surface area contributed by atoms with Gasteiger partial charge in [-0.2, -0.15) is 0 Å². The van der Waals surface area contributed by atoms with Gasteiger partial charge in [-0.05, 0) is 37.0 Å². The van der Waals surface area contributed by atoms with Crippen LogP contribution in [-0.2, 0) is 15.9 Å². The lowest BCUT2D eigenvalue weighted by molar-refractivity contribution is 0.0888. The summed E-state index contributed by atoms with van der Waals surface area (Å²) in [6.07, 6.45) is 2.79. The molecule has 0 saturated carbocycles. The van der Waals surface area contributed by atoms with Crippen LogP contribution in [0.5, 0.6) is 0 Å². The van der Waals surface area contributed by atoms with Gasteiger partial charge in [0.05, 0.1) is 13.2 Å². The van der Waals surface area contributed by atoms with Crippen molar-refractivity contribution in [3.05, 3.63) is 35.6 Å². The highest BCUT2D eigenvalue weighted by molar-refractivity contribution is 14.0. The van der Waals surface area contributed by atoms with E-state index in [2.05, 4.69) is 15.6 Å². The van der Waals surface area contributed by atoms with Crippen molar-refractivity contribution in [3.8, 4) is 0 Å². The zero-order valence-electron chi connectivity index (χ0n) is 14.8. The van der Waals surface area contributed by atoms with Crippen LogP contribution < -0.4 is 10.6 Å². The summed E-state index contributed by atoms with van der Waals surface area (Å²) in [4.78, 5) is 4.18. The molecule has 1 aromatic rings. The SMILES string of the molecule is CN=C(NCCCOCC1CCOC1)NCCc1cccc(F)c1.I. The third kappa shape index (κ3) is 9.37. The molecule has 25 heavy (non-hydrogen) atoms. The van der Waals surface area contributed by atoms with Gasteiger partial charge < -0.3 is 20.1 Å². The molecule has 1 aromatic carbocycles. The maximum Gasteiger partial charge on any atom is 0.190 e. The van der Waals surface area contributed by atoms with Crippen molar-refractivity contribution in [3.63, 3.8) is 0 Å². The molecule has 1 saturated heterocycles. The molecule has 1 heterocycles. The molecule has 1 unspecified atom stereocenters. The van der Waals surface area contributed by atoms with Crippen molar-refractivity contribution >= 4 is 29.9 Å². The van der Waals surface area contributed by atoms with Crippen LogP contribution in [0.15, 0.2) is 29.3 Å². The van der Waals surface area contributed by atoms with E-state index in [-0.39, 0.29) is 29.8 Å². The van der Waals surface area contributed by atoms with Crippen molar-refractivity contribution in [2.45, 2.75) is 19.3 Å². The first-order valence-electron chi connectivity index (χ1n) is 8.62. The Hall–Kier alpha value is -0.930. The second-order valence-electron chi connectivity index (χ2n) is 5.96. The zero-order valence-corrected chi connectivity index (χ0v) is 17.1. The molecule has 1 aliphatic heterocycles. The van der Waals surface area contributed by atoms with Gasteiger partial charge in [-0.1, -0.05) is 12.1 Å². The third-order valence-corrected chi connectivity index (χ3v) is 3.95. The summed E-state index contributed by atoms with van der Waals surface area (Å²) in [7, 11) is 1.74. The number of hydrogen-bond donors (Lipinski definition) is 2. The van der Waals surface area contributed by atoms with Crippen molar-refractivity contribution in [2.75, 3.05) is 46.6 Å². The number of nitrogens with zero attached hydrogens (tertiary/aromatic N) is 1. The van der Waals surface area contributed by atoms with Crippen LogP contribution in [0.4, 0.5) is 4.39 Å². The van der Waals surface area contributed by atoms with Crippen LogP contribution in [0, 0.1) is 11.7 Å². The van der Waals surface area contributed by atoms with Gasteiger partial charge in [-0.25, -0.2) is 4.39 Å². The van der Waals surface area contributed by atoms with Crippen molar-refractivity contribution in [1.29, 1.82) is 0 Å². The van der Waals surface area contributed by atoms with E-state index >= 15 is 0 Å². The predicted molar refractivity (Wildman–Crippen MR) is 109 cm³/mol. The number of benzene rings is 1. The Bertz CT molecular complexity index is 511. The van der Waals surface area contributed by atoms with E-state index in [1.807, 2.05) is 6.07 Å². The maximum absolute atomic E-state index is 13.1. The molecule has 0 radical (unpaired) electrons. The molecule has 142 valence electrons. The number of nitrogens with one attached hydrogen (secondary N) is 2. The molecule has 0 bridgehead atoms. The quantitative estimate of drug-likeness (QED) is 0.255. The smallest absolute Gasteiger partial charge is 0.190 e. The van der Waals surface area contributed by atoms with E-state index in [1.165, 1.54) is 6.07 Å². The first-order chi connectivity index (χ1) is 11.8. The highest BCUT2D eigenvalue weighted by atomic mass is 127. The highest BCUT2D eigenvalue weighted by Crippen LogP contribution is 2.12. The summed E-state index contributed by atoms with van der Waals surface area (Å²) in [5.74, 6) is 1.13. The van der Waals surface area contributed by atoms with Crippen molar-refractivity contribution in [2.24, 2.45) is 10.9 Å². The zero-order chi connectivity index (χ0) is 17.0. The number of rotatable bonds is 9. The van der Waals surface area contributed by atoms with Gasteiger partial charge in [0.2, 0.25) is 0 Å². The van der Waals surface area contributed by atoms with Crippen LogP contribution in [0.25, 0.3) is 0 Å². The highest BCUT2D eigenvalue weighted by Gasteiger charge is 2.15. The molecule has 0 spiro atoms. The lowest BCUT2D eigenvalue weighted by Crippen LogP contribution is -2.39. The van der Waals surface area contributed by atoms with Crippen molar-refractivity contribution in [1.82, 2.24) is 10.6 Å². The van der Waals surface area contributed by atoms with E-state index in [9.17, 15) is 4.39 Å². The Balaban J connectivity index is 0.00000312. The van der Waals surface area contributed by atoms with E-state index in [0.29, 0.717) is 12.5 Å². The topological polar surface area (TPSA) is 54.9 Å². The lowest BCUT2D eigenvalue weighted by atomic mass is 10.1. The number of aliphatic imine (C=N–C) groups is 1.